The lowest BCUT2D eigenvalue weighted by Gasteiger charge is -2.37. The zero-order valence-corrected chi connectivity index (χ0v) is 33.3. The number of nitrogens with one attached hydrogen (secondary N) is 3. The second kappa shape index (κ2) is 17.7. The number of rotatable bonds is 15. The molecule has 0 unspecified atom stereocenters. The number of esters is 1. The maximum atomic E-state index is 14.0. The van der Waals surface area contributed by atoms with E-state index in [9.17, 15) is 29.1 Å². The first-order valence-corrected chi connectivity index (χ1v) is 18.5. The molecule has 0 aliphatic carbocycles. The fourth-order valence-electron chi connectivity index (χ4n) is 6.21. The lowest BCUT2D eigenvalue weighted by Crippen LogP contribution is -2.61. The Hall–Kier alpha value is -5.98. The summed E-state index contributed by atoms with van der Waals surface area (Å²) in [5.74, 6) is -3.54. The number of carboxylic acids is 1. The summed E-state index contributed by atoms with van der Waals surface area (Å²) in [4.78, 5) is 69.6. The highest BCUT2D eigenvalue weighted by atomic mass is 16.6. The number of benzene rings is 3. The number of imidazole rings is 1. The number of nitrogens with zero attached hydrogens (tertiary/aromatic N) is 2. The van der Waals surface area contributed by atoms with E-state index in [-0.39, 0.29) is 19.3 Å². The number of alkyl carbamates (subject to hydrolysis) is 1. The first-order chi connectivity index (χ1) is 26.2. The number of hydrogen-bond donors (Lipinski definition) is 4. The first-order valence-electron chi connectivity index (χ1n) is 18.5. The van der Waals surface area contributed by atoms with Gasteiger partial charge in [0.15, 0.2) is 0 Å². The largest absolute Gasteiger partial charge is 0.480 e. The summed E-state index contributed by atoms with van der Waals surface area (Å²) in [7, 11) is 0. The Morgan fingerprint density at radius 2 is 1.18 bits per heavy atom. The SMILES string of the molecule is CC(C)(C)OC(=O)CC[C@H](NC(=O)C(C)(C)NC(=O)[C@H](Cc1cn(C(c2ccccc2)(c2ccccc2)c2ccccc2)cn1)NC(=O)OC(C)(C)C)C(=O)O. The lowest BCUT2D eigenvalue weighted by atomic mass is 9.77. The normalized spacial score (nSPS) is 13.1. The van der Waals surface area contributed by atoms with Gasteiger partial charge in [-0.15, -0.1) is 0 Å². The molecule has 1 aromatic heterocycles. The van der Waals surface area contributed by atoms with Crippen LogP contribution < -0.4 is 16.0 Å². The van der Waals surface area contributed by atoms with E-state index in [1.807, 2.05) is 102 Å². The Balaban J connectivity index is 1.65. The summed E-state index contributed by atoms with van der Waals surface area (Å²) in [5.41, 5.74) is -0.852. The van der Waals surface area contributed by atoms with Crippen molar-refractivity contribution in [3.63, 3.8) is 0 Å². The number of ether oxygens (including phenoxy) is 2. The molecule has 0 aliphatic rings. The molecule has 56 heavy (non-hydrogen) atoms. The van der Waals surface area contributed by atoms with Crippen molar-refractivity contribution in [1.82, 2.24) is 25.5 Å². The van der Waals surface area contributed by atoms with Gasteiger partial charge in [0.25, 0.3) is 0 Å². The highest BCUT2D eigenvalue weighted by Gasteiger charge is 2.40. The summed E-state index contributed by atoms with van der Waals surface area (Å²) in [6.07, 6.45) is 2.06. The molecule has 13 heteroatoms. The summed E-state index contributed by atoms with van der Waals surface area (Å²) in [6, 6.07) is 27.2. The van der Waals surface area contributed by atoms with Gasteiger partial charge in [-0.2, -0.15) is 0 Å². The molecule has 3 amide bonds. The molecule has 0 bridgehead atoms. The van der Waals surface area contributed by atoms with Gasteiger partial charge in [-0.3, -0.25) is 14.4 Å². The van der Waals surface area contributed by atoms with Gasteiger partial charge >= 0.3 is 18.0 Å². The Morgan fingerprint density at radius 3 is 1.62 bits per heavy atom. The molecule has 4 aromatic rings. The van der Waals surface area contributed by atoms with Crippen LogP contribution in [0.1, 0.15) is 90.6 Å². The third kappa shape index (κ3) is 11.3. The van der Waals surface area contributed by atoms with Gasteiger partial charge in [-0.25, -0.2) is 14.6 Å². The number of aromatic nitrogens is 2. The van der Waals surface area contributed by atoms with Crippen LogP contribution in [-0.2, 0) is 40.6 Å². The highest BCUT2D eigenvalue weighted by Crippen LogP contribution is 2.40. The van der Waals surface area contributed by atoms with Crippen LogP contribution in [0.3, 0.4) is 0 Å². The van der Waals surface area contributed by atoms with Crippen molar-refractivity contribution in [3.8, 4) is 0 Å². The van der Waals surface area contributed by atoms with Crippen molar-refractivity contribution >= 4 is 29.8 Å². The molecule has 2 atom stereocenters. The van der Waals surface area contributed by atoms with Crippen LogP contribution in [0.2, 0.25) is 0 Å². The fourth-order valence-corrected chi connectivity index (χ4v) is 6.21. The fraction of sp³-hybridized carbons (Fsp3) is 0.395. The summed E-state index contributed by atoms with van der Waals surface area (Å²) in [5, 5.41) is 17.5. The van der Waals surface area contributed by atoms with Crippen molar-refractivity contribution in [2.24, 2.45) is 0 Å². The summed E-state index contributed by atoms with van der Waals surface area (Å²) >= 11 is 0. The molecule has 13 nitrogen and oxygen atoms in total. The number of hydrogen-bond acceptors (Lipinski definition) is 8. The lowest BCUT2D eigenvalue weighted by molar-refractivity contribution is -0.155. The molecule has 4 rings (SSSR count). The second-order valence-corrected chi connectivity index (χ2v) is 16.1. The Labute approximate surface area is 328 Å². The predicted octanol–water partition coefficient (Wildman–Crippen LogP) is 5.75. The Morgan fingerprint density at radius 1 is 0.696 bits per heavy atom. The zero-order chi connectivity index (χ0) is 41.3. The molecule has 3 aromatic carbocycles. The van der Waals surface area contributed by atoms with Gasteiger partial charge in [0.1, 0.15) is 34.4 Å². The predicted molar refractivity (Wildman–Crippen MR) is 211 cm³/mol. The van der Waals surface area contributed by atoms with Gasteiger partial charge in [0.2, 0.25) is 11.8 Å². The minimum absolute atomic E-state index is 0.0993. The van der Waals surface area contributed by atoms with E-state index in [1.54, 1.807) is 47.9 Å². The van der Waals surface area contributed by atoms with E-state index < -0.39 is 64.2 Å². The maximum absolute atomic E-state index is 14.0. The monoisotopic (exact) mass is 767 g/mol. The van der Waals surface area contributed by atoms with E-state index in [0.717, 1.165) is 16.7 Å². The quantitative estimate of drug-likeness (QED) is 0.0867. The molecular weight excluding hydrogens is 715 g/mol. The van der Waals surface area contributed by atoms with Crippen LogP contribution in [0.5, 0.6) is 0 Å². The molecule has 0 saturated carbocycles. The first kappa shape index (κ1) is 42.8. The minimum Gasteiger partial charge on any atom is -0.480 e. The van der Waals surface area contributed by atoms with Crippen LogP contribution >= 0.6 is 0 Å². The minimum atomic E-state index is -1.66. The smallest absolute Gasteiger partial charge is 0.408 e. The molecular formula is C43H53N5O8. The molecule has 1 heterocycles. The number of amides is 3. The van der Waals surface area contributed by atoms with Crippen LogP contribution in [0.25, 0.3) is 0 Å². The van der Waals surface area contributed by atoms with E-state index in [4.69, 9.17) is 14.5 Å². The Bertz CT molecular complexity index is 1870. The number of carboxylic acid groups (broad SMARTS) is 1. The number of carbonyl (C=O) groups is 5. The van der Waals surface area contributed by atoms with Crippen LogP contribution in [0.15, 0.2) is 104 Å². The molecule has 4 N–H and O–H groups in total. The molecule has 0 saturated heterocycles. The van der Waals surface area contributed by atoms with E-state index in [2.05, 4.69) is 16.0 Å². The zero-order valence-electron chi connectivity index (χ0n) is 33.3. The van der Waals surface area contributed by atoms with E-state index >= 15 is 0 Å². The number of aliphatic carboxylic acids is 1. The van der Waals surface area contributed by atoms with Crippen molar-refractivity contribution in [1.29, 1.82) is 0 Å². The topological polar surface area (TPSA) is 178 Å². The average Bonchev–Trinajstić information content (AvgIpc) is 3.58. The third-order valence-corrected chi connectivity index (χ3v) is 8.68. The van der Waals surface area contributed by atoms with Gasteiger partial charge < -0.3 is 35.1 Å². The summed E-state index contributed by atoms with van der Waals surface area (Å²) < 4.78 is 12.7. The molecule has 0 radical (unpaired) electrons. The highest BCUT2D eigenvalue weighted by molar-refractivity contribution is 5.95. The van der Waals surface area contributed by atoms with Gasteiger partial charge in [-0.1, -0.05) is 91.0 Å². The Kier molecular flexibility index (Phi) is 13.5. The van der Waals surface area contributed by atoms with Crippen molar-refractivity contribution in [2.75, 3.05) is 0 Å². The van der Waals surface area contributed by atoms with Gasteiger partial charge in [0.05, 0.1) is 12.0 Å². The van der Waals surface area contributed by atoms with Gasteiger partial charge in [0, 0.05) is 19.0 Å². The van der Waals surface area contributed by atoms with E-state index in [1.165, 1.54) is 13.8 Å². The van der Waals surface area contributed by atoms with Crippen molar-refractivity contribution in [3.05, 3.63) is 126 Å². The van der Waals surface area contributed by atoms with Gasteiger partial charge in [-0.05, 0) is 78.5 Å². The molecule has 0 spiro atoms. The third-order valence-electron chi connectivity index (χ3n) is 8.68. The average molecular weight is 768 g/mol. The standard InChI is InChI=1S/C43H53N5O8/c1-40(2,3)55-35(49)25-24-33(37(51)52)45-38(53)42(7,8)47-36(50)34(46-39(54)56-41(4,5)6)26-32-27-48(28-44-32)43(29-18-12-9-13-19-29,30-20-14-10-15-21-30)31-22-16-11-17-23-31/h9-23,27-28,33-34H,24-26H2,1-8H3,(H,45,53)(H,46,54)(H,47,50)(H,51,52)/t33-,34-/m0/s1. The van der Waals surface area contributed by atoms with Crippen LogP contribution in [0, 0.1) is 0 Å². The second-order valence-electron chi connectivity index (χ2n) is 16.1. The number of carbonyl (C=O) groups excluding carboxylic acids is 4. The molecule has 298 valence electrons. The maximum Gasteiger partial charge on any atom is 0.408 e. The molecule has 0 aliphatic heterocycles. The van der Waals surface area contributed by atoms with Crippen molar-refractivity contribution in [2.45, 2.75) is 109 Å². The van der Waals surface area contributed by atoms with Crippen LogP contribution in [0.4, 0.5) is 4.79 Å². The van der Waals surface area contributed by atoms with E-state index in [0.29, 0.717) is 5.69 Å². The van der Waals surface area contributed by atoms with Crippen LogP contribution in [-0.4, -0.2) is 73.3 Å². The molecule has 0 fully saturated rings. The summed E-state index contributed by atoms with van der Waals surface area (Å²) in [6.45, 7) is 12.9. The van der Waals surface area contributed by atoms with Crippen molar-refractivity contribution < 1.29 is 38.6 Å².